The summed E-state index contributed by atoms with van der Waals surface area (Å²) in [5.74, 6) is 0.788. The Morgan fingerprint density at radius 3 is 2.77 bits per heavy atom. The number of pyridine rings is 1. The van der Waals surface area contributed by atoms with Crippen molar-refractivity contribution in [2.24, 2.45) is 0 Å². The minimum atomic E-state index is 0.00352. The Balaban J connectivity index is 2.14. The first kappa shape index (κ1) is 14.3. The van der Waals surface area contributed by atoms with Crippen LogP contribution in [0.15, 0.2) is 42.6 Å². The zero-order valence-electron chi connectivity index (χ0n) is 13.0. The maximum Gasteiger partial charge on any atom is 0.197 e. The maximum atomic E-state index is 13.0. The molecule has 0 aliphatic heterocycles. The molecule has 0 atom stereocenters. The van der Waals surface area contributed by atoms with Crippen molar-refractivity contribution in [3.05, 3.63) is 65.0 Å². The normalized spacial score (nSPS) is 10.9. The fourth-order valence-corrected chi connectivity index (χ4v) is 2.71. The molecule has 0 spiro atoms. The van der Waals surface area contributed by atoms with Crippen LogP contribution < -0.4 is 4.74 Å². The Labute approximate surface area is 129 Å². The van der Waals surface area contributed by atoms with E-state index in [1.807, 2.05) is 50.4 Å². The second-order valence-electron chi connectivity index (χ2n) is 5.22. The molecule has 4 nitrogen and oxygen atoms in total. The lowest BCUT2D eigenvalue weighted by molar-refractivity contribution is 0.103. The molecule has 2 heterocycles. The highest BCUT2D eigenvalue weighted by atomic mass is 16.5. The Hall–Kier alpha value is -2.62. The van der Waals surface area contributed by atoms with Gasteiger partial charge in [-0.3, -0.25) is 4.79 Å². The number of hydrogen-bond acceptors (Lipinski definition) is 3. The van der Waals surface area contributed by atoms with Gasteiger partial charge in [-0.1, -0.05) is 13.0 Å². The van der Waals surface area contributed by atoms with Gasteiger partial charge in [-0.05, 0) is 49.2 Å². The zero-order valence-corrected chi connectivity index (χ0v) is 13.0. The van der Waals surface area contributed by atoms with Crippen LogP contribution in [0.3, 0.4) is 0 Å². The Bertz CT molecular complexity index is 849. The molecule has 0 N–H and O–H groups in total. The van der Waals surface area contributed by atoms with Gasteiger partial charge >= 0.3 is 0 Å². The average Bonchev–Trinajstić information content (AvgIpc) is 2.92. The van der Waals surface area contributed by atoms with E-state index < -0.39 is 0 Å². The summed E-state index contributed by atoms with van der Waals surface area (Å²) >= 11 is 0. The van der Waals surface area contributed by atoms with Crippen molar-refractivity contribution in [3.8, 4) is 5.75 Å². The van der Waals surface area contributed by atoms with Crippen LogP contribution >= 0.6 is 0 Å². The van der Waals surface area contributed by atoms with Gasteiger partial charge in [0.2, 0.25) is 0 Å². The standard InChI is InChI=1S/C18H18N2O2/c1-4-14-17(15-7-5-6-10-20(15)19-14)18(21)13-8-9-16(22-3)12(2)11-13/h5-11H,4H2,1-3H3. The van der Waals surface area contributed by atoms with E-state index in [-0.39, 0.29) is 5.78 Å². The molecular formula is C18H18N2O2. The van der Waals surface area contributed by atoms with E-state index in [0.717, 1.165) is 28.9 Å². The number of ether oxygens (including phenoxy) is 1. The lowest BCUT2D eigenvalue weighted by Crippen LogP contribution is -2.04. The zero-order chi connectivity index (χ0) is 15.7. The van der Waals surface area contributed by atoms with E-state index >= 15 is 0 Å². The molecule has 0 saturated carbocycles. The summed E-state index contributed by atoms with van der Waals surface area (Å²) in [5.41, 5.74) is 3.96. The predicted octanol–water partition coefficient (Wildman–Crippen LogP) is 3.44. The number of aromatic nitrogens is 2. The van der Waals surface area contributed by atoms with Gasteiger partial charge in [-0.15, -0.1) is 0 Å². The van der Waals surface area contributed by atoms with Crippen LogP contribution in [-0.4, -0.2) is 22.5 Å². The van der Waals surface area contributed by atoms with Crippen LogP contribution in [0.2, 0.25) is 0 Å². The molecule has 0 aliphatic carbocycles. The van der Waals surface area contributed by atoms with Crippen LogP contribution in [0.5, 0.6) is 5.75 Å². The van der Waals surface area contributed by atoms with Gasteiger partial charge in [0.15, 0.2) is 5.78 Å². The highest BCUT2D eigenvalue weighted by Gasteiger charge is 2.20. The molecule has 0 amide bonds. The maximum absolute atomic E-state index is 13.0. The van der Waals surface area contributed by atoms with Gasteiger partial charge in [0.25, 0.3) is 0 Å². The van der Waals surface area contributed by atoms with Gasteiger partial charge in [-0.2, -0.15) is 5.10 Å². The van der Waals surface area contributed by atoms with Crippen molar-refractivity contribution in [3.63, 3.8) is 0 Å². The second kappa shape index (κ2) is 5.64. The quantitative estimate of drug-likeness (QED) is 0.692. The third-order valence-electron chi connectivity index (χ3n) is 3.83. The summed E-state index contributed by atoms with van der Waals surface area (Å²) in [6.45, 7) is 3.95. The fourth-order valence-electron chi connectivity index (χ4n) is 2.71. The van der Waals surface area contributed by atoms with Gasteiger partial charge in [0.05, 0.1) is 23.9 Å². The fraction of sp³-hybridized carbons (Fsp3) is 0.222. The molecule has 0 fully saturated rings. The molecule has 0 bridgehead atoms. The van der Waals surface area contributed by atoms with Gasteiger partial charge in [0, 0.05) is 11.8 Å². The number of fused-ring (bicyclic) bond motifs is 1. The Morgan fingerprint density at radius 1 is 1.27 bits per heavy atom. The number of ketones is 1. The number of hydrogen-bond donors (Lipinski definition) is 0. The lowest BCUT2D eigenvalue weighted by Gasteiger charge is -2.07. The molecule has 0 unspecified atom stereocenters. The summed E-state index contributed by atoms with van der Waals surface area (Å²) in [6.07, 6.45) is 2.59. The molecule has 0 saturated heterocycles. The molecule has 2 aromatic heterocycles. The van der Waals surface area contributed by atoms with Crippen LogP contribution in [-0.2, 0) is 6.42 Å². The third-order valence-corrected chi connectivity index (χ3v) is 3.83. The highest BCUT2D eigenvalue weighted by molar-refractivity contribution is 6.14. The molecule has 112 valence electrons. The molecule has 1 aromatic carbocycles. The average molecular weight is 294 g/mol. The molecule has 0 aliphatic rings. The van der Waals surface area contributed by atoms with Gasteiger partial charge < -0.3 is 4.74 Å². The molecule has 0 radical (unpaired) electrons. The third kappa shape index (κ3) is 2.26. The van der Waals surface area contributed by atoms with Crippen LogP contribution in [0.4, 0.5) is 0 Å². The minimum absolute atomic E-state index is 0.00352. The van der Waals surface area contributed by atoms with Gasteiger partial charge in [-0.25, -0.2) is 4.52 Å². The number of aryl methyl sites for hydroxylation is 2. The lowest BCUT2D eigenvalue weighted by atomic mass is 9.99. The molecule has 4 heteroatoms. The number of benzene rings is 1. The van der Waals surface area contributed by atoms with E-state index in [0.29, 0.717) is 11.1 Å². The molecule has 3 rings (SSSR count). The van der Waals surface area contributed by atoms with Crippen molar-refractivity contribution in [1.82, 2.24) is 9.61 Å². The van der Waals surface area contributed by atoms with Crippen LogP contribution in [0.25, 0.3) is 5.52 Å². The van der Waals surface area contributed by atoms with Crippen molar-refractivity contribution in [2.75, 3.05) is 7.11 Å². The number of rotatable bonds is 4. The largest absolute Gasteiger partial charge is 0.496 e. The van der Waals surface area contributed by atoms with Crippen LogP contribution in [0, 0.1) is 6.92 Å². The first-order valence-electron chi connectivity index (χ1n) is 7.31. The van der Waals surface area contributed by atoms with Crippen LogP contribution in [0.1, 0.15) is 34.1 Å². The van der Waals surface area contributed by atoms with E-state index in [2.05, 4.69) is 5.10 Å². The van der Waals surface area contributed by atoms with E-state index in [1.54, 1.807) is 17.7 Å². The van der Waals surface area contributed by atoms with Crippen molar-refractivity contribution < 1.29 is 9.53 Å². The Morgan fingerprint density at radius 2 is 2.09 bits per heavy atom. The molecule has 3 aromatic rings. The predicted molar refractivity (Wildman–Crippen MR) is 85.7 cm³/mol. The monoisotopic (exact) mass is 294 g/mol. The minimum Gasteiger partial charge on any atom is -0.496 e. The topological polar surface area (TPSA) is 43.6 Å². The number of methoxy groups -OCH3 is 1. The summed E-state index contributed by atoms with van der Waals surface area (Å²) in [6, 6.07) is 11.3. The van der Waals surface area contributed by atoms with Gasteiger partial charge in [0.1, 0.15) is 5.75 Å². The second-order valence-corrected chi connectivity index (χ2v) is 5.22. The van der Waals surface area contributed by atoms with E-state index in [9.17, 15) is 4.79 Å². The first-order valence-corrected chi connectivity index (χ1v) is 7.31. The Kier molecular flexibility index (Phi) is 3.67. The highest BCUT2D eigenvalue weighted by Crippen LogP contribution is 2.24. The molecular weight excluding hydrogens is 276 g/mol. The van der Waals surface area contributed by atoms with E-state index in [1.165, 1.54) is 0 Å². The summed E-state index contributed by atoms with van der Waals surface area (Å²) in [7, 11) is 1.63. The number of carbonyl (C=O) groups is 1. The smallest absolute Gasteiger partial charge is 0.197 e. The van der Waals surface area contributed by atoms with E-state index in [4.69, 9.17) is 4.74 Å². The first-order chi connectivity index (χ1) is 10.7. The summed E-state index contributed by atoms with van der Waals surface area (Å²) in [5, 5.41) is 4.51. The molecule has 22 heavy (non-hydrogen) atoms. The number of carbonyl (C=O) groups excluding carboxylic acids is 1. The van der Waals surface area contributed by atoms with Crippen molar-refractivity contribution in [2.45, 2.75) is 20.3 Å². The SMILES string of the molecule is CCc1nn2ccccc2c1C(=O)c1ccc(OC)c(C)c1. The summed E-state index contributed by atoms with van der Waals surface area (Å²) in [4.78, 5) is 13.0. The van der Waals surface area contributed by atoms with Crippen molar-refractivity contribution in [1.29, 1.82) is 0 Å². The summed E-state index contributed by atoms with van der Waals surface area (Å²) < 4.78 is 7.02. The number of nitrogens with zero attached hydrogens (tertiary/aromatic N) is 2. The van der Waals surface area contributed by atoms with Crippen molar-refractivity contribution >= 4 is 11.3 Å².